The zero-order valence-corrected chi connectivity index (χ0v) is 15.3. The van der Waals surface area contributed by atoms with Crippen LogP contribution in [0, 0.1) is 0 Å². The molecule has 0 aliphatic carbocycles. The summed E-state index contributed by atoms with van der Waals surface area (Å²) in [5.41, 5.74) is 4.33. The van der Waals surface area contributed by atoms with E-state index >= 15 is 0 Å². The predicted molar refractivity (Wildman–Crippen MR) is 107 cm³/mol. The van der Waals surface area contributed by atoms with Gasteiger partial charge in [-0.15, -0.1) is 0 Å². The Hall–Kier alpha value is -2.86. The van der Waals surface area contributed by atoms with E-state index in [0.29, 0.717) is 12.3 Å². The van der Waals surface area contributed by atoms with E-state index in [2.05, 4.69) is 42.3 Å². The number of rotatable bonds is 2. The van der Waals surface area contributed by atoms with Gasteiger partial charge in [-0.2, -0.15) is 0 Å². The quantitative estimate of drug-likeness (QED) is 0.461. The molecule has 6 heteroatoms. The maximum atomic E-state index is 12.7. The second kappa shape index (κ2) is 5.85. The molecule has 0 saturated carbocycles. The van der Waals surface area contributed by atoms with Crippen molar-refractivity contribution in [3.8, 4) is 0 Å². The number of hydrogen-bond donors (Lipinski definition) is 3. The first-order chi connectivity index (χ1) is 12.7. The topological polar surface area (TPSA) is 73.0 Å². The highest BCUT2D eigenvalue weighted by Crippen LogP contribution is 2.26. The molecule has 0 radical (unpaired) electrons. The van der Waals surface area contributed by atoms with E-state index < -0.39 is 0 Å². The zero-order valence-electron chi connectivity index (χ0n) is 13.7. The molecule has 1 amide bonds. The summed E-state index contributed by atoms with van der Waals surface area (Å²) >= 11 is 3.48. The summed E-state index contributed by atoms with van der Waals surface area (Å²) in [6.45, 7) is 0.509. The van der Waals surface area contributed by atoms with Gasteiger partial charge >= 0.3 is 0 Å². The predicted octanol–water partition coefficient (Wildman–Crippen LogP) is 4.07. The van der Waals surface area contributed by atoms with E-state index in [-0.39, 0.29) is 11.9 Å². The SMILES string of the molecule is O=C1NC(c2cc3ccc(Br)cc3[nH]2)CN=C1c1c[nH]c2ccccc12. The molecule has 2 aromatic heterocycles. The first-order valence-electron chi connectivity index (χ1n) is 8.39. The molecule has 1 unspecified atom stereocenters. The average molecular weight is 407 g/mol. The summed E-state index contributed by atoms with van der Waals surface area (Å²) in [5, 5.41) is 5.21. The maximum Gasteiger partial charge on any atom is 0.270 e. The van der Waals surface area contributed by atoms with Crippen LogP contribution in [-0.4, -0.2) is 28.1 Å². The van der Waals surface area contributed by atoms with Gasteiger partial charge < -0.3 is 15.3 Å². The molecule has 4 aromatic rings. The van der Waals surface area contributed by atoms with Gasteiger partial charge in [0.05, 0.1) is 12.6 Å². The summed E-state index contributed by atoms with van der Waals surface area (Å²) in [5.74, 6) is -0.147. The van der Waals surface area contributed by atoms with Crippen LogP contribution in [0.5, 0.6) is 0 Å². The molecule has 1 aliphatic heterocycles. The van der Waals surface area contributed by atoms with Crippen molar-refractivity contribution in [2.24, 2.45) is 4.99 Å². The minimum absolute atomic E-state index is 0.147. The number of carbonyl (C=O) groups is 1. The summed E-state index contributed by atoms with van der Waals surface area (Å²) in [4.78, 5) is 23.9. The van der Waals surface area contributed by atoms with Gasteiger partial charge in [0.15, 0.2) is 0 Å². The van der Waals surface area contributed by atoms with Crippen LogP contribution in [0.1, 0.15) is 17.3 Å². The Bertz CT molecular complexity index is 1190. The number of amides is 1. The molecular formula is C20H15BrN4O. The monoisotopic (exact) mass is 406 g/mol. The zero-order chi connectivity index (χ0) is 17.7. The number of para-hydroxylation sites is 1. The number of nitrogens with one attached hydrogen (secondary N) is 3. The standard InChI is InChI=1S/C20H15BrN4O/c21-12-6-5-11-7-17(24-16(11)8-12)18-10-23-19(20(26)25-18)14-9-22-15-4-2-1-3-13(14)15/h1-9,18,22,24H,10H2,(H,25,26). The van der Waals surface area contributed by atoms with Crippen molar-refractivity contribution in [2.45, 2.75) is 6.04 Å². The molecule has 0 saturated heterocycles. The van der Waals surface area contributed by atoms with Gasteiger partial charge in [0.2, 0.25) is 0 Å². The van der Waals surface area contributed by atoms with Crippen molar-refractivity contribution >= 4 is 49.4 Å². The van der Waals surface area contributed by atoms with Crippen molar-refractivity contribution in [3.05, 3.63) is 70.5 Å². The van der Waals surface area contributed by atoms with E-state index in [0.717, 1.165) is 37.5 Å². The number of carbonyl (C=O) groups excluding carboxylic acids is 1. The van der Waals surface area contributed by atoms with Gasteiger partial charge in [0.1, 0.15) is 5.71 Å². The molecule has 26 heavy (non-hydrogen) atoms. The summed E-state index contributed by atoms with van der Waals surface area (Å²) < 4.78 is 1.02. The Morgan fingerprint density at radius 2 is 1.96 bits per heavy atom. The molecule has 2 aromatic carbocycles. The highest BCUT2D eigenvalue weighted by Gasteiger charge is 2.27. The van der Waals surface area contributed by atoms with E-state index in [1.807, 2.05) is 48.7 Å². The third-order valence-electron chi connectivity index (χ3n) is 4.78. The minimum Gasteiger partial charge on any atom is -0.360 e. The Labute approximate surface area is 157 Å². The molecule has 128 valence electrons. The third-order valence-corrected chi connectivity index (χ3v) is 5.27. The van der Waals surface area contributed by atoms with Gasteiger partial charge in [0, 0.05) is 38.3 Å². The molecule has 5 rings (SSSR count). The fourth-order valence-corrected chi connectivity index (χ4v) is 3.85. The second-order valence-electron chi connectivity index (χ2n) is 6.42. The van der Waals surface area contributed by atoms with Gasteiger partial charge in [-0.05, 0) is 29.7 Å². The highest BCUT2D eigenvalue weighted by atomic mass is 79.9. The number of aliphatic imine (C=N–C) groups is 1. The van der Waals surface area contributed by atoms with Crippen LogP contribution >= 0.6 is 15.9 Å². The molecule has 0 fully saturated rings. The number of nitrogens with zero attached hydrogens (tertiary/aromatic N) is 1. The third kappa shape index (κ3) is 2.45. The van der Waals surface area contributed by atoms with Crippen LogP contribution in [0.4, 0.5) is 0 Å². The second-order valence-corrected chi connectivity index (χ2v) is 7.34. The smallest absolute Gasteiger partial charge is 0.270 e. The largest absolute Gasteiger partial charge is 0.360 e. The van der Waals surface area contributed by atoms with E-state index in [1.54, 1.807) is 0 Å². The van der Waals surface area contributed by atoms with Crippen molar-refractivity contribution in [2.75, 3.05) is 6.54 Å². The first-order valence-corrected chi connectivity index (χ1v) is 9.18. The fourth-order valence-electron chi connectivity index (χ4n) is 3.49. The Kier molecular flexibility index (Phi) is 3.46. The van der Waals surface area contributed by atoms with Gasteiger partial charge in [-0.25, -0.2) is 0 Å². The number of aromatic nitrogens is 2. The number of H-pyrrole nitrogens is 2. The Balaban J connectivity index is 1.49. The van der Waals surface area contributed by atoms with Crippen LogP contribution in [0.25, 0.3) is 21.8 Å². The van der Waals surface area contributed by atoms with E-state index in [1.165, 1.54) is 0 Å². The minimum atomic E-state index is -0.150. The summed E-state index contributed by atoms with van der Waals surface area (Å²) in [7, 11) is 0. The van der Waals surface area contributed by atoms with Crippen molar-refractivity contribution < 1.29 is 4.79 Å². The number of fused-ring (bicyclic) bond motifs is 2. The highest BCUT2D eigenvalue weighted by molar-refractivity contribution is 9.10. The molecule has 1 aliphatic rings. The van der Waals surface area contributed by atoms with Crippen LogP contribution < -0.4 is 5.32 Å². The lowest BCUT2D eigenvalue weighted by molar-refractivity contribution is -0.115. The van der Waals surface area contributed by atoms with Gasteiger partial charge in [-0.1, -0.05) is 40.2 Å². The van der Waals surface area contributed by atoms with E-state index in [9.17, 15) is 4.79 Å². The van der Waals surface area contributed by atoms with Crippen LogP contribution in [0.15, 0.2) is 64.2 Å². The average Bonchev–Trinajstić information content (AvgIpc) is 3.25. The van der Waals surface area contributed by atoms with Crippen molar-refractivity contribution in [1.82, 2.24) is 15.3 Å². The molecular weight excluding hydrogens is 392 g/mol. The fraction of sp³-hybridized carbons (Fsp3) is 0.100. The Morgan fingerprint density at radius 3 is 2.85 bits per heavy atom. The normalized spacial score (nSPS) is 17.5. The maximum absolute atomic E-state index is 12.7. The first kappa shape index (κ1) is 15.4. The molecule has 5 nitrogen and oxygen atoms in total. The van der Waals surface area contributed by atoms with Gasteiger partial charge in [-0.3, -0.25) is 9.79 Å². The molecule has 0 spiro atoms. The molecule has 0 bridgehead atoms. The number of aromatic amines is 2. The lowest BCUT2D eigenvalue weighted by atomic mass is 10.0. The summed E-state index contributed by atoms with van der Waals surface area (Å²) in [6.07, 6.45) is 1.85. The lowest BCUT2D eigenvalue weighted by Gasteiger charge is -2.21. The summed E-state index contributed by atoms with van der Waals surface area (Å²) in [6, 6.07) is 15.9. The van der Waals surface area contributed by atoms with Crippen LogP contribution in [-0.2, 0) is 4.79 Å². The van der Waals surface area contributed by atoms with Crippen LogP contribution in [0.2, 0.25) is 0 Å². The molecule has 3 N–H and O–H groups in total. The van der Waals surface area contributed by atoms with Crippen LogP contribution in [0.3, 0.4) is 0 Å². The lowest BCUT2D eigenvalue weighted by Crippen LogP contribution is -2.40. The molecule has 1 atom stereocenters. The number of benzene rings is 2. The van der Waals surface area contributed by atoms with Gasteiger partial charge in [0.25, 0.3) is 5.91 Å². The van der Waals surface area contributed by atoms with E-state index in [4.69, 9.17) is 0 Å². The Morgan fingerprint density at radius 1 is 1.08 bits per heavy atom. The van der Waals surface area contributed by atoms with Crippen molar-refractivity contribution in [3.63, 3.8) is 0 Å². The molecule has 3 heterocycles. The number of halogens is 1. The number of hydrogen-bond acceptors (Lipinski definition) is 2. The van der Waals surface area contributed by atoms with Crippen molar-refractivity contribution in [1.29, 1.82) is 0 Å².